The molecule has 2 aliphatic rings. The molecule has 4 amide bonds. The van der Waals surface area contributed by atoms with E-state index in [1.807, 2.05) is 24.3 Å². The number of imide groups is 2. The molecule has 2 heterocycles. The van der Waals surface area contributed by atoms with Gasteiger partial charge in [0.2, 0.25) is 0 Å². The molecule has 0 bridgehead atoms. The molecule has 192 valence electrons. The standard InChI is InChI=1S/C28H20N4O4.2ClH/c29-9-11-31-25(33)17-5-1-13-14-2-6-19-24-20(28(36)32(12-10-30)27(19)35)8-4-16(22(14)24)15-3-7-18(26(31)34)23(17)21(13)15;;/h1-8H,9-12,29-30H2;2*1H. The smallest absolute Gasteiger partial charge is 0.261 e. The number of hydrogen-bond donors (Lipinski definition) is 2. The Kier molecular flexibility index (Phi) is 6.04. The van der Waals surface area contributed by atoms with Gasteiger partial charge in [0, 0.05) is 59.2 Å². The Balaban J connectivity index is 0.00000147. The van der Waals surface area contributed by atoms with Crippen molar-refractivity contribution >= 4 is 91.5 Å². The summed E-state index contributed by atoms with van der Waals surface area (Å²) in [6.07, 6.45) is 0. The van der Waals surface area contributed by atoms with Crippen LogP contribution in [0, 0.1) is 0 Å². The van der Waals surface area contributed by atoms with Crippen LogP contribution < -0.4 is 11.5 Å². The van der Waals surface area contributed by atoms with Gasteiger partial charge in [0.25, 0.3) is 23.6 Å². The van der Waals surface area contributed by atoms with Crippen molar-refractivity contribution in [3.05, 3.63) is 70.8 Å². The SMILES string of the molecule is Cl.Cl.NCCN1C(=O)c2ccc3c4ccc5c6c(ccc(c7ccc(c2c37)C1=O)c64)C(=O)N(CCN)C5=O. The van der Waals surface area contributed by atoms with Crippen molar-refractivity contribution in [3.63, 3.8) is 0 Å². The Labute approximate surface area is 228 Å². The fraction of sp³-hybridized carbons (Fsp3) is 0.143. The second kappa shape index (κ2) is 8.89. The molecule has 5 aromatic carbocycles. The number of halogens is 2. The number of nitrogens with zero attached hydrogens (tertiary/aromatic N) is 2. The van der Waals surface area contributed by atoms with Crippen LogP contribution >= 0.6 is 24.8 Å². The highest BCUT2D eigenvalue weighted by molar-refractivity contribution is 6.41. The lowest BCUT2D eigenvalue weighted by molar-refractivity contribution is 0.0600. The van der Waals surface area contributed by atoms with E-state index in [2.05, 4.69) is 0 Å². The lowest BCUT2D eigenvalue weighted by atomic mass is 9.82. The Hall–Kier alpha value is -3.82. The van der Waals surface area contributed by atoms with Gasteiger partial charge in [-0.15, -0.1) is 24.8 Å². The minimum absolute atomic E-state index is 0. The third-order valence-corrected chi connectivity index (χ3v) is 7.51. The van der Waals surface area contributed by atoms with Gasteiger partial charge in [-0.2, -0.15) is 0 Å². The highest BCUT2D eigenvalue weighted by Gasteiger charge is 2.36. The van der Waals surface area contributed by atoms with E-state index in [0.29, 0.717) is 33.0 Å². The molecule has 0 atom stereocenters. The molecular formula is C28H22Cl2N4O4. The topological polar surface area (TPSA) is 127 Å². The maximum atomic E-state index is 13.2. The van der Waals surface area contributed by atoms with Gasteiger partial charge in [-0.1, -0.05) is 24.3 Å². The van der Waals surface area contributed by atoms with Crippen molar-refractivity contribution in [3.8, 4) is 0 Å². The molecule has 5 aromatic rings. The molecule has 0 aromatic heterocycles. The Morgan fingerprint density at radius 2 is 0.711 bits per heavy atom. The number of hydrogen-bond acceptors (Lipinski definition) is 6. The molecule has 38 heavy (non-hydrogen) atoms. The third kappa shape index (κ3) is 3.00. The minimum Gasteiger partial charge on any atom is -0.329 e. The zero-order valence-electron chi connectivity index (χ0n) is 19.9. The number of nitrogens with two attached hydrogens (primary N) is 2. The summed E-state index contributed by atoms with van der Waals surface area (Å²) in [6.45, 7) is 0.677. The van der Waals surface area contributed by atoms with Crippen molar-refractivity contribution in [2.75, 3.05) is 26.2 Å². The van der Waals surface area contributed by atoms with Crippen LogP contribution in [0.3, 0.4) is 0 Å². The molecule has 4 N–H and O–H groups in total. The second-order valence-electron chi connectivity index (χ2n) is 9.24. The second-order valence-corrected chi connectivity index (χ2v) is 9.24. The zero-order chi connectivity index (χ0) is 24.9. The predicted octanol–water partition coefficient (Wildman–Crippen LogP) is 3.69. The van der Waals surface area contributed by atoms with E-state index in [4.69, 9.17) is 11.5 Å². The first-order valence-electron chi connectivity index (χ1n) is 11.8. The summed E-state index contributed by atoms with van der Waals surface area (Å²) in [6, 6.07) is 14.6. The van der Waals surface area contributed by atoms with Crippen LogP contribution in [0.2, 0.25) is 0 Å². The summed E-state index contributed by atoms with van der Waals surface area (Å²) in [5.41, 5.74) is 13.2. The first-order chi connectivity index (χ1) is 17.5. The summed E-state index contributed by atoms with van der Waals surface area (Å²) in [5.74, 6) is -1.41. The number of carbonyl (C=O) groups is 4. The maximum Gasteiger partial charge on any atom is 0.261 e. The normalized spacial score (nSPS) is 14.7. The number of benzene rings is 5. The largest absolute Gasteiger partial charge is 0.329 e. The van der Waals surface area contributed by atoms with E-state index in [1.54, 1.807) is 24.3 Å². The number of rotatable bonds is 4. The predicted molar refractivity (Wildman–Crippen MR) is 151 cm³/mol. The Morgan fingerprint density at radius 1 is 0.447 bits per heavy atom. The van der Waals surface area contributed by atoms with Crippen LogP contribution in [0.15, 0.2) is 48.5 Å². The Bertz CT molecular complexity index is 1610. The van der Waals surface area contributed by atoms with Gasteiger partial charge >= 0.3 is 0 Å². The summed E-state index contributed by atoms with van der Waals surface area (Å²) >= 11 is 0. The van der Waals surface area contributed by atoms with E-state index in [0.717, 1.165) is 32.3 Å². The number of amides is 4. The molecule has 2 aliphatic heterocycles. The van der Waals surface area contributed by atoms with E-state index in [-0.39, 0.29) is 74.6 Å². The van der Waals surface area contributed by atoms with Gasteiger partial charge in [0.15, 0.2) is 0 Å². The van der Waals surface area contributed by atoms with E-state index < -0.39 is 0 Å². The van der Waals surface area contributed by atoms with Crippen LogP contribution in [-0.4, -0.2) is 59.6 Å². The molecule has 0 spiro atoms. The van der Waals surface area contributed by atoms with Gasteiger partial charge in [0.05, 0.1) is 0 Å². The molecule has 8 nitrogen and oxygen atoms in total. The van der Waals surface area contributed by atoms with Gasteiger partial charge in [0.1, 0.15) is 0 Å². The van der Waals surface area contributed by atoms with Gasteiger partial charge < -0.3 is 11.5 Å². The molecule has 0 saturated heterocycles. The first-order valence-corrected chi connectivity index (χ1v) is 11.8. The molecular weight excluding hydrogens is 527 g/mol. The lowest BCUT2D eigenvalue weighted by Crippen LogP contribution is -2.43. The third-order valence-electron chi connectivity index (χ3n) is 7.51. The highest BCUT2D eigenvalue weighted by atomic mass is 35.5. The van der Waals surface area contributed by atoms with Crippen LogP contribution in [0.1, 0.15) is 41.4 Å². The first kappa shape index (κ1) is 25.8. The molecule has 0 aliphatic carbocycles. The summed E-state index contributed by atoms with van der Waals surface area (Å²) in [4.78, 5) is 55.3. The van der Waals surface area contributed by atoms with Crippen molar-refractivity contribution in [2.45, 2.75) is 0 Å². The molecule has 7 rings (SSSR count). The summed E-state index contributed by atoms with van der Waals surface area (Å²) in [5, 5.41) is 6.36. The van der Waals surface area contributed by atoms with Gasteiger partial charge in [-0.05, 0) is 56.6 Å². The minimum atomic E-state index is -0.353. The molecule has 10 heteroatoms. The number of carbonyl (C=O) groups excluding carboxylic acids is 4. The van der Waals surface area contributed by atoms with Gasteiger partial charge in [-0.3, -0.25) is 29.0 Å². The van der Waals surface area contributed by atoms with Crippen molar-refractivity contribution in [2.24, 2.45) is 11.5 Å². The average Bonchev–Trinajstić information content (AvgIpc) is 2.89. The van der Waals surface area contributed by atoms with Gasteiger partial charge in [-0.25, -0.2) is 0 Å². The molecule has 0 radical (unpaired) electrons. The van der Waals surface area contributed by atoms with E-state index in [1.165, 1.54) is 9.80 Å². The fourth-order valence-corrected chi connectivity index (χ4v) is 6.03. The zero-order valence-corrected chi connectivity index (χ0v) is 21.6. The van der Waals surface area contributed by atoms with Crippen LogP contribution in [-0.2, 0) is 0 Å². The molecule has 0 unspecified atom stereocenters. The average molecular weight is 549 g/mol. The fourth-order valence-electron chi connectivity index (χ4n) is 6.03. The van der Waals surface area contributed by atoms with Crippen molar-refractivity contribution < 1.29 is 19.2 Å². The molecule has 0 saturated carbocycles. The number of fused-ring (bicyclic) bond motifs is 2. The summed E-state index contributed by atoms with van der Waals surface area (Å²) < 4.78 is 0. The van der Waals surface area contributed by atoms with Crippen molar-refractivity contribution in [1.29, 1.82) is 0 Å². The monoisotopic (exact) mass is 548 g/mol. The van der Waals surface area contributed by atoms with E-state index >= 15 is 0 Å². The quantitative estimate of drug-likeness (QED) is 0.200. The maximum absolute atomic E-state index is 13.2. The van der Waals surface area contributed by atoms with Crippen LogP contribution in [0.4, 0.5) is 0 Å². The van der Waals surface area contributed by atoms with E-state index in [9.17, 15) is 19.2 Å². The highest BCUT2D eigenvalue weighted by Crippen LogP contribution is 2.46. The van der Waals surface area contributed by atoms with Crippen LogP contribution in [0.25, 0.3) is 43.1 Å². The molecule has 0 fully saturated rings. The Morgan fingerprint density at radius 3 is 0.947 bits per heavy atom. The lowest BCUT2D eigenvalue weighted by Gasteiger charge is -2.29. The summed E-state index contributed by atoms with van der Waals surface area (Å²) in [7, 11) is 0. The van der Waals surface area contributed by atoms with Crippen molar-refractivity contribution in [1.82, 2.24) is 9.80 Å². The van der Waals surface area contributed by atoms with Crippen LogP contribution in [0.5, 0.6) is 0 Å².